The highest BCUT2D eigenvalue weighted by atomic mass is 16.5. The lowest BCUT2D eigenvalue weighted by molar-refractivity contribution is 0.0697. The van der Waals surface area contributed by atoms with Crippen LogP contribution in [0, 0.1) is 0 Å². The van der Waals surface area contributed by atoms with Gasteiger partial charge in [-0.3, -0.25) is 0 Å². The Morgan fingerprint density at radius 2 is 1.74 bits per heavy atom. The minimum Gasteiger partial charge on any atom is -0.487 e. The van der Waals surface area contributed by atoms with E-state index >= 15 is 0 Å². The van der Waals surface area contributed by atoms with Crippen molar-refractivity contribution in [2.75, 3.05) is 25.1 Å². The molecule has 3 heterocycles. The molecule has 2 aromatic heterocycles. The van der Waals surface area contributed by atoms with Gasteiger partial charge in [0.2, 0.25) is 5.88 Å². The molecule has 5 rings (SSSR count). The molecule has 4 aromatic rings. The van der Waals surface area contributed by atoms with Gasteiger partial charge in [0.05, 0.1) is 43.3 Å². The van der Waals surface area contributed by atoms with E-state index in [1.807, 2.05) is 65.5 Å². The number of pyridine rings is 1. The first kappa shape index (κ1) is 22.3. The van der Waals surface area contributed by atoms with Crippen molar-refractivity contribution in [2.45, 2.75) is 12.7 Å². The van der Waals surface area contributed by atoms with Crippen molar-refractivity contribution < 1.29 is 24.1 Å². The van der Waals surface area contributed by atoms with Gasteiger partial charge < -0.3 is 28.8 Å². The molecule has 1 aliphatic rings. The van der Waals surface area contributed by atoms with E-state index in [1.165, 1.54) is 0 Å². The summed E-state index contributed by atoms with van der Waals surface area (Å²) in [4.78, 5) is 18.1. The molecule has 1 saturated heterocycles. The average molecular weight is 472 g/mol. The fourth-order valence-electron chi connectivity index (χ4n) is 4.02. The molecule has 0 aliphatic carbocycles. The number of nitrogens with zero attached hydrogens (tertiary/aromatic N) is 3. The molecule has 0 atom stereocenters. The van der Waals surface area contributed by atoms with Crippen molar-refractivity contribution in [3.63, 3.8) is 0 Å². The number of ether oxygens (including phenoxy) is 3. The van der Waals surface area contributed by atoms with Gasteiger partial charge in [-0.05, 0) is 48.0 Å². The SMILES string of the molecule is COc1ccc(OCc2ccc(OC3CN(c4cccc(C(=O)O)c4-n4cccc4)C3)cc2)cn1. The van der Waals surface area contributed by atoms with Crippen LogP contribution in [0.3, 0.4) is 0 Å². The number of carboxylic acids is 1. The second kappa shape index (κ2) is 9.80. The Hall–Kier alpha value is -4.46. The van der Waals surface area contributed by atoms with Crippen LogP contribution in [-0.2, 0) is 6.61 Å². The highest BCUT2D eigenvalue weighted by Gasteiger charge is 2.31. The van der Waals surface area contributed by atoms with E-state index in [9.17, 15) is 9.90 Å². The van der Waals surface area contributed by atoms with Gasteiger partial charge in [0.15, 0.2) is 0 Å². The molecule has 35 heavy (non-hydrogen) atoms. The van der Waals surface area contributed by atoms with E-state index in [2.05, 4.69) is 9.88 Å². The van der Waals surface area contributed by atoms with E-state index in [0.717, 1.165) is 17.0 Å². The van der Waals surface area contributed by atoms with Crippen LogP contribution < -0.4 is 19.1 Å². The molecule has 8 heteroatoms. The molecule has 0 spiro atoms. The van der Waals surface area contributed by atoms with Crippen LogP contribution in [0.25, 0.3) is 5.69 Å². The van der Waals surface area contributed by atoms with Crippen LogP contribution in [-0.4, -0.2) is 46.9 Å². The Labute approximate surface area is 202 Å². The topological polar surface area (TPSA) is 86.0 Å². The number of carbonyl (C=O) groups is 1. The fraction of sp³-hybridized carbons (Fsp3) is 0.185. The Morgan fingerprint density at radius 1 is 1.00 bits per heavy atom. The molecule has 1 aliphatic heterocycles. The van der Waals surface area contributed by atoms with Crippen molar-refractivity contribution in [1.82, 2.24) is 9.55 Å². The minimum absolute atomic E-state index is 0.0217. The number of aromatic nitrogens is 2. The summed E-state index contributed by atoms with van der Waals surface area (Å²) < 4.78 is 18.8. The first-order chi connectivity index (χ1) is 17.1. The summed E-state index contributed by atoms with van der Waals surface area (Å²) in [5.41, 5.74) is 2.83. The number of hydrogen-bond acceptors (Lipinski definition) is 6. The Kier molecular flexibility index (Phi) is 6.26. The summed E-state index contributed by atoms with van der Waals surface area (Å²) in [6.07, 6.45) is 5.37. The largest absolute Gasteiger partial charge is 0.487 e. The number of carboxylic acid groups (broad SMARTS) is 1. The van der Waals surface area contributed by atoms with Gasteiger partial charge in [-0.15, -0.1) is 0 Å². The van der Waals surface area contributed by atoms with E-state index < -0.39 is 5.97 Å². The molecular formula is C27H25N3O5. The maximum atomic E-state index is 11.8. The second-order valence-corrected chi connectivity index (χ2v) is 8.18. The molecule has 8 nitrogen and oxygen atoms in total. The number of aromatic carboxylic acids is 1. The van der Waals surface area contributed by atoms with Crippen molar-refractivity contribution in [3.8, 4) is 23.1 Å². The fourth-order valence-corrected chi connectivity index (χ4v) is 4.02. The molecule has 2 aromatic carbocycles. The van der Waals surface area contributed by atoms with Crippen LogP contribution in [0.4, 0.5) is 5.69 Å². The zero-order valence-electron chi connectivity index (χ0n) is 19.2. The molecular weight excluding hydrogens is 446 g/mol. The zero-order chi connectivity index (χ0) is 24.2. The van der Waals surface area contributed by atoms with Crippen molar-refractivity contribution in [1.29, 1.82) is 0 Å². The van der Waals surface area contributed by atoms with Gasteiger partial charge in [-0.25, -0.2) is 9.78 Å². The molecule has 0 radical (unpaired) electrons. The van der Waals surface area contributed by atoms with Crippen molar-refractivity contribution in [2.24, 2.45) is 0 Å². The highest BCUT2D eigenvalue weighted by Crippen LogP contribution is 2.32. The van der Waals surface area contributed by atoms with Crippen LogP contribution in [0.5, 0.6) is 17.4 Å². The van der Waals surface area contributed by atoms with E-state index in [-0.39, 0.29) is 11.7 Å². The maximum Gasteiger partial charge on any atom is 0.337 e. The average Bonchev–Trinajstić information content (AvgIpc) is 3.40. The van der Waals surface area contributed by atoms with Crippen molar-refractivity contribution >= 4 is 11.7 Å². The summed E-state index contributed by atoms with van der Waals surface area (Å²) in [7, 11) is 1.57. The number of methoxy groups -OCH3 is 1. The Balaban J connectivity index is 1.18. The third kappa shape index (κ3) is 4.91. The molecule has 0 saturated carbocycles. The number of para-hydroxylation sites is 1. The predicted molar refractivity (Wildman–Crippen MR) is 131 cm³/mol. The van der Waals surface area contributed by atoms with Gasteiger partial charge in [0.25, 0.3) is 0 Å². The van der Waals surface area contributed by atoms with E-state index in [1.54, 1.807) is 31.5 Å². The highest BCUT2D eigenvalue weighted by molar-refractivity contribution is 5.95. The standard InChI is InChI=1S/C27H25N3O5/c1-33-25-12-11-21(15-28-25)34-18-19-7-9-20(10-8-19)35-22-16-30(17-22)24-6-4-5-23(27(31)32)26(24)29-13-2-3-14-29/h2-15,22H,16-18H2,1H3,(H,31,32). The third-order valence-electron chi connectivity index (χ3n) is 5.85. The number of benzene rings is 2. The van der Waals surface area contributed by atoms with Crippen LogP contribution in [0.1, 0.15) is 15.9 Å². The summed E-state index contributed by atoms with van der Waals surface area (Å²) in [5, 5.41) is 9.68. The molecule has 0 unspecified atom stereocenters. The van der Waals surface area contributed by atoms with Gasteiger partial charge in [0, 0.05) is 18.5 Å². The minimum atomic E-state index is -0.948. The molecule has 178 valence electrons. The molecule has 1 N–H and O–H groups in total. The summed E-state index contributed by atoms with van der Waals surface area (Å²) in [5.74, 6) is 1.06. The summed E-state index contributed by atoms with van der Waals surface area (Å²) in [6.45, 7) is 1.77. The first-order valence-electron chi connectivity index (χ1n) is 11.2. The van der Waals surface area contributed by atoms with Gasteiger partial charge in [-0.1, -0.05) is 18.2 Å². The second-order valence-electron chi connectivity index (χ2n) is 8.18. The van der Waals surface area contributed by atoms with Crippen LogP contribution in [0.2, 0.25) is 0 Å². The number of hydrogen-bond donors (Lipinski definition) is 1. The first-order valence-corrected chi connectivity index (χ1v) is 11.2. The molecule has 1 fully saturated rings. The molecule has 0 amide bonds. The maximum absolute atomic E-state index is 11.8. The Bertz CT molecular complexity index is 1280. The van der Waals surface area contributed by atoms with Gasteiger partial charge >= 0.3 is 5.97 Å². The zero-order valence-corrected chi connectivity index (χ0v) is 19.2. The lowest BCUT2D eigenvalue weighted by atomic mass is 10.1. The van der Waals surface area contributed by atoms with Gasteiger partial charge in [0.1, 0.15) is 24.2 Å². The quantitative estimate of drug-likeness (QED) is 0.387. The molecule has 0 bridgehead atoms. The summed E-state index contributed by atoms with van der Waals surface area (Å²) >= 11 is 0. The lowest BCUT2D eigenvalue weighted by Gasteiger charge is -2.41. The Morgan fingerprint density at radius 3 is 2.40 bits per heavy atom. The number of anilines is 1. The van der Waals surface area contributed by atoms with Crippen LogP contribution >= 0.6 is 0 Å². The lowest BCUT2D eigenvalue weighted by Crippen LogP contribution is -2.54. The van der Waals surface area contributed by atoms with E-state index in [0.29, 0.717) is 37.0 Å². The number of rotatable bonds is 9. The summed E-state index contributed by atoms with van der Waals surface area (Å²) in [6, 6.07) is 20.5. The third-order valence-corrected chi connectivity index (χ3v) is 5.85. The monoisotopic (exact) mass is 471 g/mol. The van der Waals surface area contributed by atoms with Crippen LogP contribution in [0.15, 0.2) is 85.3 Å². The van der Waals surface area contributed by atoms with E-state index in [4.69, 9.17) is 14.2 Å². The predicted octanol–water partition coefficient (Wildman–Crippen LogP) is 4.43. The van der Waals surface area contributed by atoms with Gasteiger partial charge in [-0.2, -0.15) is 0 Å². The smallest absolute Gasteiger partial charge is 0.337 e. The van der Waals surface area contributed by atoms with Crippen molar-refractivity contribution in [3.05, 3.63) is 96.4 Å². The normalized spacial score (nSPS) is 13.2.